The van der Waals surface area contributed by atoms with E-state index in [9.17, 15) is 4.79 Å². The lowest BCUT2D eigenvalue weighted by Crippen LogP contribution is -2.39. The molecule has 23 heavy (non-hydrogen) atoms. The van der Waals surface area contributed by atoms with Crippen LogP contribution in [-0.2, 0) is 11.3 Å². The van der Waals surface area contributed by atoms with E-state index in [0.717, 1.165) is 11.3 Å². The topological polar surface area (TPSA) is 59.2 Å². The Hall–Kier alpha value is -1.88. The molecule has 0 saturated carbocycles. The lowest BCUT2D eigenvalue weighted by Gasteiger charge is -2.28. The van der Waals surface area contributed by atoms with Gasteiger partial charge in [0.1, 0.15) is 11.9 Å². The molecule has 0 fully saturated rings. The van der Waals surface area contributed by atoms with Crippen molar-refractivity contribution in [1.29, 1.82) is 0 Å². The van der Waals surface area contributed by atoms with Crippen molar-refractivity contribution < 1.29 is 9.21 Å². The van der Waals surface area contributed by atoms with Gasteiger partial charge in [-0.3, -0.25) is 4.79 Å². The minimum Gasteiger partial charge on any atom is -0.426 e. The predicted octanol–water partition coefficient (Wildman–Crippen LogP) is 3.99. The van der Waals surface area contributed by atoms with Gasteiger partial charge in [-0.1, -0.05) is 45.9 Å². The van der Waals surface area contributed by atoms with Crippen molar-refractivity contribution in [3.05, 3.63) is 42.1 Å². The van der Waals surface area contributed by atoms with E-state index in [1.807, 2.05) is 38.1 Å². The van der Waals surface area contributed by atoms with E-state index >= 15 is 0 Å². The zero-order valence-electron chi connectivity index (χ0n) is 13.9. The van der Waals surface area contributed by atoms with Crippen LogP contribution in [0.15, 0.2) is 35.1 Å². The average molecular weight is 336 g/mol. The summed E-state index contributed by atoms with van der Waals surface area (Å²) >= 11 is 6.33. The SMILES string of the molecule is CC(C)c1ccccc1N(Cc1nnco1)C(=O)C(Cl)C(C)C. The lowest BCUT2D eigenvalue weighted by molar-refractivity contribution is -0.119. The first-order chi connectivity index (χ1) is 10.9. The first-order valence-electron chi connectivity index (χ1n) is 7.71. The monoisotopic (exact) mass is 335 g/mol. The number of hydrogen-bond acceptors (Lipinski definition) is 4. The molecule has 2 rings (SSSR count). The third-order valence-electron chi connectivity index (χ3n) is 3.64. The molecule has 124 valence electrons. The molecule has 0 N–H and O–H groups in total. The van der Waals surface area contributed by atoms with Crippen LogP contribution in [0.2, 0.25) is 0 Å². The normalized spacial score (nSPS) is 12.7. The van der Waals surface area contributed by atoms with Gasteiger partial charge in [-0.15, -0.1) is 21.8 Å². The van der Waals surface area contributed by atoms with Crippen LogP contribution in [0.3, 0.4) is 0 Å². The Kier molecular flexibility index (Phi) is 5.77. The van der Waals surface area contributed by atoms with E-state index in [0.29, 0.717) is 5.89 Å². The van der Waals surface area contributed by atoms with Crippen LogP contribution < -0.4 is 4.90 Å². The Balaban J connectivity index is 2.43. The molecular weight excluding hydrogens is 314 g/mol. The predicted molar refractivity (Wildman–Crippen MR) is 90.5 cm³/mol. The summed E-state index contributed by atoms with van der Waals surface area (Å²) in [5.74, 6) is 0.523. The Morgan fingerprint density at radius 2 is 1.96 bits per heavy atom. The van der Waals surface area contributed by atoms with Gasteiger partial charge in [-0.25, -0.2) is 0 Å². The van der Waals surface area contributed by atoms with Crippen molar-refractivity contribution in [3.63, 3.8) is 0 Å². The minimum absolute atomic E-state index is 0.0283. The molecule has 0 bridgehead atoms. The number of amides is 1. The summed E-state index contributed by atoms with van der Waals surface area (Å²) in [5.41, 5.74) is 1.91. The number of benzene rings is 1. The number of carbonyl (C=O) groups excluding carboxylic acids is 1. The van der Waals surface area contributed by atoms with Crippen LogP contribution in [0.1, 0.15) is 45.1 Å². The molecule has 2 aromatic rings. The van der Waals surface area contributed by atoms with E-state index in [1.54, 1.807) is 4.90 Å². The third-order valence-corrected chi connectivity index (χ3v) is 4.33. The Bertz CT molecular complexity index is 641. The fourth-order valence-corrected chi connectivity index (χ4v) is 2.46. The summed E-state index contributed by atoms with van der Waals surface area (Å²) in [5, 5.41) is 6.95. The molecule has 0 radical (unpaired) electrons. The number of nitrogens with zero attached hydrogens (tertiary/aromatic N) is 3. The molecule has 5 nitrogen and oxygen atoms in total. The first kappa shape index (κ1) is 17.5. The molecule has 1 heterocycles. The minimum atomic E-state index is -0.613. The second-order valence-corrected chi connectivity index (χ2v) is 6.59. The van der Waals surface area contributed by atoms with Crippen molar-refractivity contribution in [3.8, 4) is 0 Å². The highest BCUT2D eigenvalue weighted by atomic mass is 35.5. The number of alkyl halides is 1. The average Bonchev–Trinajstić information content (AvgIpc) is 3.04. The Morgan fingerprint density at radius 3 is 2.52 bits per heavy atom. The third kappa shape index (κ3) is 4.10. The molecule has 0 aliphatic carbocycles. The zero-order valence-corrected chi connectivity index (χ0v) is 14.6. The summed E-state index contributed by atoms with van der Waals surface area (Å²) in [7, 11) is 0. The number of para-hydroxylation sites is 1. The number of aromatic nitrogens is 2. The first-order valence-corrected chi connectivity index (χ1v) is 8.14. The number of carbonyl (C=O) groups is 1. The molecule has 0 saturated heterocycles. The summed E-state index contributed by atoms with van der Waals surface area (Å²) < 4.78 is 5.22. The van der Waals surface area contributed by atoms with Gasteiger partial charge in [0.15, 0.2) is 0 Å². The van der Waals surface area contributed by atoms with E-state index in [2.05, 4.69) is 24.0 Å². The maximum Gasteiger partial charge on any atom is 0.245 e. The van der Waals surface area contributed by atoms with Gasteiger partial charge in [0, 0.05) is 5.69 Å². The lowest BCUT2D eigenvalue weighted by atomic mass is 9.99. The molecule has 6 heteroatoms. The zero-order chi connectivity index (χ0) is 17.0. The highest BCUT2D eigenvalue weighted by molar-refractivity contribution is 6.33. The molecule has 0 aliphatic rings. The van der Waals surface area contributed by atoms with Gasteiger partial charge in [0.05, 0.1) is 0 Å². The second-order valence-electron chi connectivity index (χ2n) is 6.12. The summed E-state index contributed by atoms with van der Waals surface area (Å²) in [6.45, 7) is 8.24. The number of anilines is 1. The van der Waals surface area contributed by atoms with Crippen molar-refractivity contribution in [2.45, 2.75) is 45.5 Å². The van der Waals surface area contributed by atoms with Crippen LogP contribution in [-0.4, -0.2) is 21.5 Å². The molecule has 1 atom stereocenters. The highest BCUT2D eigenvalue weighted by Crippen LogP contribution is 2.30. The second kappa shape index (κ2) is 7.59. The van der Waals surface area contributed by atoms with Crippen molar-refractivity contribution in [1.82, 2.24) is 10.2 Å². The van der Waals surface area contributed by atoms with Crippen molar-refractivity contribution >= 4 is 23.2 Å². The van der Waals surface area contributed by atoms with Crippen LogP contribution in [0, 0.1) is 5.92 Å². The van der Waals surface area contributed by atoms with Gasteiger partial charge in [0.2, 0.25) is 18.2 Å². The highest BCUT2D eigenvalue weighted by Gasteiger charge is 2.29. The van der Waals surface area contributed by atoms with Crippen LogP contribution in [0.25, 0.3) is 0 Å². The summed E-state index contributed by atoms with van der Waals surface area (Å²) in [6, 6.07) is 7.82. The van der Waals surface area contributed by atoms with Crippen molar-refractivity contribution in [2.75, 3.05) is 4.90 Å². The van der Waals surface area contributed by atoms with Gasteiger partial charge in [-0.05, 0) is 23.5 Å². The molecule has 0 aliphatic heterocycles. The van der Waals surface area contributed by atoms with Crippen LogP contribution >= 0.6 is 11.6 Å². The number of halogens is 1. The van der Waals surface area contributed by atoms with E-state index in [1.165, 1.54) is 6.39 Å². The molecule has 1 aromatic heterocycles. The van der Waals surface area contributed by atoms with E-state index in [-0.39, 0.29) is 24.3 Å². The summed E-state index contributed by atoms with van der Waals surface area (Å²) in [6.07, 6.45) is 1.26. The standard InChI is InChI=1S/C17H22ClN3O2/c1-11(2)13-7-5-6-8-14(13)21(9-15-20-19-10-23-15)17(22)16(18)12(3)4/h5-8,10-12,16H,9H2,1-4H3. The molecule has 1 aromatic carbocycles. The smallest absolute Gasteiger partial charge is 0.245 e. The maximum absolute atomic E-state index is 12.9. The Labute approximate surface area is 141 Å². The van der Waals surface area contributed by atoms with Gasteiger partial charge >= 0.3 is 0 Å². The molecular formula is C17H22ClN3O2. The maximum atomic E-state index is 12.9. The summed E-state index contributed by atoms with van der Waals surface area (Å²) in [4.78, 5) is 14.5. The van der Waals surface area contributed by atoms with E-state index < -0.39 is 5.38 Å². The molecule has 1 unspecified atom stereocenters. The fourth-order valence-electron chi connectivity index (χ4n) is 2.34. The number of rotatable bonds is 6. The quantitative estimate of drug-likeness (QED) is 0.749. The molecule has 1 amide bonds. The van der Waals surface area contributed by atoms with Crippen LogP contribution in [0.4, 0.5) is 5.69 Å². The largest absolute Gasteiger partial charge is 0.426 e. The van der Waals surface area contributed by atoms with E-state index in [4.69, 9.17) is 16.0 Å². The van der Waals surface area contributed by atoms with Gasteiger partial charge in [0.25, 0.3) is 0 Å². The van der Waals surface area contributed by atoms with Gasteiger partial charge in [-0.2, -0.15) is 0 Å². The molecule has 0 spiro atoms. The Morgan fingerprint density at radius 1 is 1.26 bits per heavy atom. The fraction of sp³-hybridized carbons (Fsp3) is 0.471. The van der Waals surface area contributed by atoms with Gasteiger partial charge < -0.3 is 9.32 Å². The van der Waals surface area contributed by atoms with Crippen molar-refractivity contribution in [2.24, 2.45) is 5.92 Å². The number of hydrogen-bond donors (Lipinski definition) is 0. The van der Waals surface area contributed by atoms with Crippen LogP contribution in [0.5, 0.6) is 0 Å².